The third-order valence-corrected chi connectivity index (χ3v) is 6.06. The van der Waals surface area contributed by atoms with Crippen molar-refractivity contribution in [2.75, 3.05) is 13.2 Å². The zero-order valence-electron chi connectivity index (χ0n) is 19.3. The van der Waals surface area contributed by atoms with Crippen molar-refractivity contribution in [2.24, 2.45) is 0 Å². The van der Waals surface area contributed by atoms with Gasteiger partial charge in [0.15, 0.2) is 0 Å². The summed E-state index contributed by atoms with van der Waals surface area (Å²) in [6.07, 6.45) is 0.777. The first kappa shape index (κ1) is 23.3. The van der Waals surface area contributed by atoms with Gasteiger partial charge in [0.25, 0.3) is 0 Å². The van der Waals surface area contributed by atoms with Crippen molar-refractivity contribution < 1.29 is 14.3 Å². The predicted octanol–water partition coefficient (Wildman–Crippen LogP) is 7.58. The summed E-state index contributed by atoms with van der Waals surface area (Å²) < 4.78 is 10.9. The van der Waals surface area contributed by atoms with Crippen LogP contribution in [0, 0.1) is 0 Å². The largest absolute Gasteiger partial charge is 0.508 e. The van der Waals surface area contributed by atoms with Crippen molar-refractivity contribution in [3.63, 3.8) is 0 Å². The second-order valence-corrected chi connectivity index (χ2v) is 8.27. The molecule has 3 nitrogen and oxygen atoms in total. The Kier molecular flexibility index (Phi) is 8.51. The normalized spacial score (nSPS) is 10.9. The summed E-state index contributed by atoms with van der Waals surface area (Å²) in [5, 5.41) is 0. The van der Waals surface area contributed by atoms with Gasteiger partial charge in [-0.3, -0.25) is 0 Å². The summed E-state index contributed by atoms with van der Waals surface area (Å²) >= 11 is 0. The molecule has 0 bridgehead atoms. The quantitative estimate of drug-likeness (QED) is 0.234. The third kappa shape index (κ3) is 6.58. The van der Waals surface area contributed by atoms with E-state index in [2.05, 4.69) is 48.5 Å². The molecule has 4 aromatic rings. The van der Waals surface area contributed by atoms with Crippen molar-refractivity contribution in [1.82, 2.24) is 0 Å². The van der Waals surface area contributed by atoms with Gasteiger partial charge in [-0.2, -0.15) is 0 Å². The van der Waals surface area contributed by atoms with E-state index in [0.29, 0.717) is 26.1 Å². The van der Waals surface area contributed by atoms with Gasteiger partial charge in [0.2, 0.25) is 0 Å². The molecule has 0 aliphatic carbocycles. The Bertz CT molecular complexity index is 942. The van der Waals surface area contributed by atoms with Gasteiger partial charge in [0.1, 0.15) is 0 Å². The SMILES string of the molecule is O=C(OCCC(c1ccccc1)c1ccccc1)OCCC(c1ccccc1)c1ccccc1. The van der Waals surface area contributed by atoms with Gasteiger partial charge in [-0.1, -0.05) is 121 Å². The van der Waals surface area contributed by atoms with Crippen molar-refractivity contribution in [3.05, 3.63) is 144 Å². The first-order chi connectivity index (χ1) is 16.8. The van der Waals surface area contributed by atoms with Crippen LogP contribution in [-0.4, -0.2) is 19.4 Å². The number of rotatable bonds is 10. The van der Waals surface area contributed by atoms with E-state index in [1.54, 1.807) is 0 Å². The lowest BCUT2D eigenvalue weighted by atomic mass is 9.89. The van der Waals surface area contributed by atoms with E-state index in [1.807, 2.05) is 72.8 Å². The van der Waals surface area contributed by atoms with E-state index >= 15 is 0 Å². The van der Waals surface area contributed by atoms with Gasteiger partial charge in [-0.15, -0.1) is 0 Å². The summed E-state index contributed by atoms with van der Waals surface area (Å²) in [4.78, 5) is 12.3. The Labute approximate surface area is 202 Å². The Morgan fingerprint density at radius 3 is 1.00 bits per heavy atom. The van der Waals surface area contributed by atoms with E-state index in [1.165, 1.54) is 22.3 Å². The van der Waals surface area contributed by atoms with E-state index in [0.717, 1.165) is 0 Å². The average molecular weight is 451 g/mol. The molecule has 0 aromatic heterocycles. The maximum atomic E-state index is 12.3. The fourth-order valence-electron chi connectivity index (χ4n) is 4.35. The van der Waals surface area contributed by atoms with Crippen LogP contribution >= 0.6 is 0 Å². The van der Waals surface area contributed by atoms with Crippen LogP contribution in [0.3, 0.4) is 0 Å². The number of hydrogen-bond acceptors (Lipinski definition) is 3. The van der Waals surface area contributed by atoms with Crippen LogP contribution in [0.1, 0.15) is 46.9 Å². The average Bonchev–Trinajstić information content (AvgIpc) is 2.91. The van der Waals surface area contributed by atoms with Crippen LogP contribution in [0.5, 0.6) is 0 Å². The molecule has 0 spiro atoms. The molecule has 0 aliphatic heterocycles. The van der Waals surface area contributed by atoms with E-state index in [4.69, 9.17) is 9.47 Å². The Morgan fingerprint density at radius 2 is 0.735 bits per heavy atom. The first-order valence-corrected chi connectivity index (χ1v) is 11.8. The maximum absolute atomic E-state index is 12.3. The number of ether oxygens (including phenoxy) is 2. The van der Waals surface area contributed by atoms with Crippen LogP contribution in [0.15, 0.2) is 121 Å². The van der Waals surface area contributed by atoms with Crippen molar-refractivity contribution in [1.29, 1.82) is 0 Å². The molecule has 0 saturated carbocycles. The molecule has 0 unspecified atom stereocenters. The highest BCUT2D eigenvalue weighted by atomic mass is 16.7. The van der Waals surface area contributed by atoms with Gasteiger partial charge < -0.3 is 9.47 Å². The fraction of sp³-hybridized carbons (Fsp3) is 0.194. The monoisotopic (exact) mass is 450 g/mol. The molecule has 0 heterocycles. The lowest BCUT2D eigenvalue weighted by Gasteiger charge is -2.19. The highest BCUT2D eigenvalue weighted by Crippen LogP contribution is 2.29. The fourth-order valence-corrected chi connectivity index (χ4v) is 4.35. The zero-order chi connectivity index (χ0) is 23.4. The molecular weight excluding hydrogens is 420 g/mol. The van der Waals surface area contributed by atoms with Crippen LogP contribution in [0.4, 0.5) is 4.79 Å². The Balaban J connectivity index is 1.30. The van der Waals surface area contributed by atoms with Crippen molar-refractivity contribution in [3.8, 4) is 0 Å². The summed E-state index contributed by atoms with van der Waals surface area (Å²) in [5.74, 6) is 0.325. The minimum Gasteiger partial charge on any atom is -0.434 e. The topological polar surface area (TPSA) is 35.5 Å². The smallest absolute Gasteiger partial charge is 0.434 e. The Hall–Kier alpha value is -3.85. The molecule has 4 rings (SSSR count). The lowest BCUT2D eigenvalue weighted by molar-refractivity contribution is 0.0524. The van der Waals surface area contributed by atoms with Crippen LogP contribution in [-0.2, 0) is 9.47 Å². The summed E-state index contributed by atoms with van der Waals surface area (Å²) in [5.41, 5.74) is 4.83. The van der Waals surface area contributed by atoms with E-state index in [-0.39, 0.29) is 11.8 Å². The molecular formula is C31H30O3. The van der Waals surface area contributed by atoms with Crippen LogP contribution in [0.2, 0.25) is 0 Å². The number of carbonyl (C=O) groups excluding carboxylic acids is 1. The molecule has 3 heteroatoms. The molecule has 34 heavy (non-hydrogen) atoms. The third-order valence-electron chi connectivity index (χ3n) is 6.06. The summed E-state index contributed by atoms with van der Waals surface area (Å²) in [6.45, 7) is 0.599. The van der Waals surface area contributed by atoms with Gasteiger partial charge in [-0.25, -0.2) is 4.79 Å². The highest BCUT2D eigenvalue weighted by molar-refractivity contribution is 5.59. The number of benzene rings is 4. The van der Waals surface area contributed by atoms with Gasteiger partial charge in [-0.05, 0) is 35.1 Å². The van der Waals surface area contributed by atoms with Crippen molar-refractivity contribution in [2.45, 2.75) is 24.7 Å². The van der Waals surface area contributed by atoms with Gasteiger partial charge in [0.05, 0.1) is 13.2 Å². The second-order valence-electron chi connectivity index (χ2n) is 8.27. The van der Waals surface area contributed by atoms with E-state index in [9.17, 15) is 4.79 Å². The van der Waals surface area contributed by atoms with Gasteiger partial charge in [0, 0.05) is 11.8 Å². The number of carbonyl (C=O) groups is 1. The minimum atomic E-state index is -0.611. The molecule has 0 amide bonds. The predicted molar refractivity (Wildman–Crippen MR) is 136 cm³/mol. The molecule has 0 saturated heterocycles. The maximum Gasteiger partial charge on any atom is 0.508 e. The molecule has 0 aliphatic rings. The molecule has 172 valence electrons. The Morgan fingerprint density at radius 1 is 0.471 bits per heavy atom. The lowest BCUT2D eigenvalue weighted by Crippen LogP contribution is -2.14. The number of hydrogen-bond donors (Lipinski definition) is 0. The molecule has 0 fully saturated rings. The van der Waals surface area contributed by atoms with Gasteiger partial charge >= 0.3 is 6.16 Å². The zero-order valence-corrected chi connectivity index (χ0v) is 19.3. The molecule has 0 atom stereocenters. The second kappa shape index (κ2) is 12.4. The van der Waals surface area contributed by atoms with Crippen molar-refractivity contribution >= 4 is 6.16 Å². The first-order valence-electron chi connectivity index (χ1n) is 11.8. The summed E-state index contributed by atoms with van der Waals surface area (Å²) in [6, 6.07) is 41.3. The molecule has 4 aromatic carbocycles. The van der Waals surface area contributed by atoms with Crippen LogP contribution < -0.4 is 0 Å². The van der Waals surface area contributed by atoms with Crippen LogP contribution in [0.25, 0.3) is 0 Å². The highest BCUT2D eigenvalue weighted by Gasteiger charge is 2.17. The van der Waals surface area contributed by atoms with E-state index < -0.39 is 6.16 Å². The molecule has 0 N–H and O–H groups in total. The molecule has 0 radical (unpaired) electrons. The summed E-state index contributed by atoms with van der Waals surface area (Å²) in [7, 11) is 0. The standard InChI is InChI=1S/C31H30O3/c32-31(33-23-21-29(25-13-5-1-6-14-25)26-15-7-2-8-16-26)34-24-22-30(27-17-9-3-10-18-27)28-19-11-4-12-20-28/h1-20,29-30H,21-24H2. The minimum absolute atomic E-state index is 0.163.